The molecule has 118 valence electrons. The third kappa shape index (κ3) is 2.53. The predicted octanol–water partition coefficient (Wildman–Crippen LogP) is 4.48. The highest BCUT2D eigenvalue weighted by atomic mass is 79.9. The zero-order valence-corrected chi connectivity index (χ0v) is 14.7. The van der Waals surface area contributed by atoms with E-state index < -0.39 is 0 Å². The third-order valence-corrected chi connectivity index (χ3v) is 4.41. The van der Waals surface area contributed by atoms with Gasteiger partial charge in [-0.2, -0.15) is 5.10 Å². The Morgan fingerprint density at radius 1 is 1.04 bits per heavy atom. The molecule has 2 heterocycles. The molecule has 0 fully saturated rings. The first-order valence-electron chi connectivity index (χ1n) is 7.14. The van der Waals surface area contributed by atoms with Crippen LogP contribution in [0.25, 0.3) is 28.0 Å². The maximum Gasteiger partial charge on any atom is 0.169 e. The quantitative estimate of drug-likeness (QED) is 0.538. The molecule has 0 aliphatic rings. The Labute approximate surface area is 151 Å². The van der Waals surface area contributed by atoms with Crippen molar-refractivity contribution in [1.82, 2.24) is 19.7 Å². The van der Waals surface area contributed by atoms with E-state index in [0.29, 0.717) is 16.5 Å². The first-order chi connectivity index (χ1) is 11.6. The minimum absolute atomic E-state index is 0.395. The molecule has 0 amide bonds. The molecule has 4 aromatic rings. The first-order valence-corrected chi connectivity index (χ1v) is 8.31. The van der Waals surface area contributed by atoms with Gasteiger partial charge in [0.2, 0.25) is 0 Å². The number of halogens is 2. The second-order valence-corrected chi connectivity index (χ2v) is 6.56. The Morgan fingerprint density at radius 2 is 1.83 bits per heavy atom. The van der Waals surface area contributed by atoms with Gasteiger partial charge in [-0.3, -0.25) is 0 Å². The molecule has 2 aromatic heterocycles. The van der Waals surface area contributed by atoms with Crippen molar-refractivity contribution in [2.45, 2.75) is 0 Å². The number of fused-ring (bicyclic) bond motifs is 1. The van der Waals surface area contributed by atoms with Crippen LogP contribution in [0.5, 0.6) is 0 Å². The molecule has 5 nitrogen and oxygen atoms in total. The normalized spacial score (nSPS) is 11.1. The van der Waals surface area contributed by atoms with E-state index in [1.165, 1.54) is 6.33 Å². The summed E-state index contributed by atoms with van der Waals surface area (Å²) in [7, 11) is 0. The van der Waals surface area contributed by atoms with Crippen LogP contribution >= 0.6 is 27.5 Å². The summed E-state index contributed by atoms with van der Waals surface area (Å²) in [5.41, 5.74) is 9.27. The molecular formula is C17H11BrClN5. The minimum Gasteiger partial charge on any atom is -0.383 e. The van der Waals surface area contributed by atoms with Gasteiger partial charge in [-0.25, -0.2) is 14.6 Å². The molecule has 0 atom stereocenters. The zero-order valence-electron chi connectivity index (χ0n) is 12.3. The van der Waals surface area contributed by atoms with Crippen LogP contribution in [0.2, 0.25) is 5.02 Å². The summed E-state index contributed by atoms with van der Waals surface area (Å²) < 4.78 is 2.72. The van der Waals surface area contributed by atoms with Crippen LogP contribution < -0.4 is 5.73 Å². The number of aromatic nitrogens is 4. The number of nitrogens with two attached hydrogens (primary N) is 1. The number of rotatable bonds is 2. The van der Waals surface area contributed by atoms with Crippen molar-refractivity contribution in [2.24, 2.45) is 0 Å². The van der Waals surface area contributed by atoms with Crippen LogP contribution in [0.4, 0.5) is 5.82 Å². The van der Waals surface area contributed by atoms with Gasteiger partial charge in [-0.05, 0) is 30.3 Å². The molecule has 0 saturated heterocycles. The Balaban J connectivity index is 2.03. The maximum atomic E-state index is 6.11. The zero-order chi connectivity index (χ0) is 16.7. The lowest BCUT2D eigenvalue weighted by Crippen LogP contribution is -1.98. The Hall–Kier alpha value is -2.44. The van der Waals surface area contributed by atoms with Crippen LogP contribution in [-0.2, 0) is 0 Å². The lowest BCUT2D eigenvalue weighted by Gasteiger charge is -2.03. The number of anilines is 1. The van der Waals surface area contributed by atoms with Crippen LogP contribution in [0.15, 0.2) is 59.3 Å². The topological polar surface area (TPSA) is 69.6 Å². The van der Waals surface area contributed by atoms with Crippen LogP contribution in [-0.4, -0.2) is 19.7 Å². The van der Waals surface area contributed by atoms with Crippen molar-refractivity contribution in [3.63, 3.8) is 0 Å². The summed E-state index contributed by atoms with van der Waals surface area (Å²) in [6, 6.07) is 15.3. The first kappa shape index (κ1) is 15.1. The second-order valence-electron chi connectivity index (χ2n) is 5.20. The molecule has 0 aliphatic carbocycles. The van der Waals surface area contributed by atoms with Gasteiger partial charge in [0.25, 0.3) is 0 Å². The molecule has 0 unspecified atom stereocenters. The standard InChI is InChI=1S/C17H11BrClN5/c18-11-2-1-3-13(8-11)24-17-14(16(20)21-9-22-17)15(23-24)10-4-6-12(19)7-5-10/h1-9H,(H2,20,21,22). The number of benzene rings is 2. The van der Waals surface area contributed by atoms with Crippen molar-refractivity contribution < 1.29 is 0 Å². The van der Waals surface area contributed by atoms with Crippen molar-refractivity contribution in [3.8, 4) is 16.9 Å². The van der Waals surface area contributed by atoms with Crippen molar-refractivity contribution >= 4 is 44.4 Å². The number of nitrogens with zero attached hydrogens (tertiary/aromatic N) is 4. The largest absolute Gasteiger partial charge is 0.383 e. The van der Waals surface area contributed by atoms with Crippen molar-refractivity contribution in [1.29, 1.82) is 0 Å². The maximum absolute atomic E-state index is 6.11. The Kier molecular flexibility index (Phi) is 3.70. The highest BCUT2D eigenvalue weighted by molar-refractivity contribution is 9.10. The lowest BCUT2D eigenvalue weighted by molar-refractivity contribution is 0.898. The Bertz CT molecular complexity index is 1040. The monoisotopic (exact) mass is 399 g/mol. The molecule has 24 heavy (non-hydrogen) atoms. The fourth-order valence-electron chi connectivity index (χ4n) is 2.57. The van der Waals surface area contributed by atoms with Crippen LogP contribution in [0.1, 0.15) is 0 Å². The fraction of sp³-hybridized carbons (Fsp3) is 0. The highest BCUT2D eigenvalue weighted by Crippen LogP contribution is 2.32. The average molecular weight is 401 g/mol. The molecule has 4 rings (SSSR count). The molecule has 0 bridgehead atoms. The fourth-order valence-corrected chi connectivity index (χ4v) is 3.09. The van der Waals surface area contributed by atoms with Crippen LogP contribution in [0.3, 0.4) is 0 Å². The van der Waals surface area contributed by atoms with Gasteiger partial charge in [0.1, 0.15) is 17.8 Å². The van der Waals surface area contributed by atoms with E-state index >= 15 is 0 Å². The van der Waals surface area contributed by atoms with Gasteiger partial charge in [-0.15, -0.1) is 0 Å². The summed E-state index contributed by atoms with van der Waals surface area (Å²) in [6.07, 6.45) is 1.44. The number of hydrogen-bond acceptors (Lipinski definition) is 4. The summed E-state index contributed by atoms with van der Waals surface area (Å²) in [6.45, 7) is 0. The van der Waals surface area contributed by atoms with Crippen molar-refractivity contribution in [2.75, 3.05) is 5.73 Å². The van der Waals surface area contributed by atoms with E-state index in [-0.39, 0.29) is 0 Å². The van der Waals surface area contributed by atoms with Crippen molar-refractivity contribution in [3.05, 3.63) is 64.4 Å². The number of hydrogen-bond donors (Lipinski definition) is 1. The molecule has 0 spiro atoms. The molecular weight excluding hydrogens is 390 g/mol. The van der Waals surface area contributed by atoms with E-state index in [4.69, 9.17) is 22.4 Å². The summed E-state index contributed by atoms with van der Waals surface area (Å²) in [5.74, 6) is 0.395. The molecule has 0 aliphatic heterocycles. The molecule has 2 N–H and O–H groups in total. The van der Waals surface area contributed by atoms with Gasteiger partial charge in [0.15, 0.2) is 5.65 Å². The van der Waals surface area contributed by atoms with E-state index in [1.807, 2.05) is 48.5 Å². The van der Waals surface area contributed by atoms with Gasteiger partial charge in [0, 0.05) is 15.1 Å². The predicted molar refractivity (Wildman–Crippen MR) is 99.2 cm³/mol. The Morgan fingerprint density at radius 3 is 2.58 bits per heavy atom. The van der Waals surface area contributed by atoms with Crippen LogP contribution in [0, 0.1) is 0 Å². The lowest BCUT2D eigenvalue weighted by atomic mass is 10.1. The number of nitrogen functional groups attached to an aromatic ring is 1. The van der Waals surface area contributed by atoms with E-state index in [0.717, 1.165) is 26.8 Å². The molecule has 0 radical (unpaired) electrons. The summed E-state index contributed by atoms with van der Waals surface area (Å²) in [4.78, 5) is 8.49. The van der Waals surface area contributed by atoms with E-state index in [2.05, 4.69) is 25.9 Å². The third-order valence-electron chi connectivity index (χ3n) is 3.66. The molecule has 7 heteroatoms. The molecule has 0 saturated carbocycles. The minimum atomic E-state index is 0.395. The van der Waals surface area contributed by atoms with Gasteiger partial charge < -0.3 is 5.73 Å². The SMILES string of the molecule is Nc1ncnc2c1c(-c1ccc(Cl)cc1)nn2-c1cccc(Br)c1. The van der Waals surface area contributed by atoms with E-state index in [9.17, 15) is 0 Å². The van der Waals surface area contributed by atoms with E-state index in [1.54, 1.807) is 4.68 Å². The van der Waals surface area contributed by atoms with Gasteiger partial charge in [0.05, 0.1) is 11.1 Å². The van der Waals surface area contributed by atoms with Gasteiger partial charge >= 0.3 is 0 Å². The summed E-state index contributed by atoms with van der Waals surface area (Å²) >= 11 is 9.47. The summed E-state index contributed by atoms with van der Waals surface area (Å²) in [5, 5.41) is 6.12. The highest BCUT2D eigenvalue weighted by Gasteiger charge is 2.18. The van der Waals surface area contributed by atoms with Gasteiger partial charge in [-0.1, -0.05) is 45.7 Å². The molecule has 2 aromatic carbocycles. The smallest absolute Gasteiger partial charge is 0.169 e. The average Bonchev–Trinajstić information content (AvgIpc) is 2.97. The second kappa shape index (κ2) is 5.89.